The van der Waals surface area contributed by atoms with Crippen LogP contribution >= 0.6 is 0 Å². The van der Waals surface area contributed by atoms with Gasteiger partial charge in [0.05, 0.1) is 25.1 Å². The zero-order valence-corrected chi connectivity index (χ0v) is 17.7. The van der Waals surface area contributed by atoms with E-state index in [0.717, 1.165) is 34.0 Å². The number of benzene rings is 1. The van der Waals surface area contributed by atoms with E-state index in [9.17, 15) is 9.90 Å². The first kappa shape index (κ1) is 20.5. The second kappa shape index (κ2) is 7.99. The molecule has 0 aliphatic carbocycles. The molecule has 2 heterocycles. The summed E-state index contributed by atoms with van der Waals surface area (Å²) >= 11 is 0. The lowest BCUT2D eigenvalue weighted by atomic mass is 10.1. The quantitative estimate of drug-likeness (QED) is 0.752. The summed E-state index contributed by atoms with van der Waals surface area (Å²) < 4.78 is 12.7. The van der Waals surface area contributed by atoms with Crippen molar-refractivity contribution in [3.05, 3.63) is 63.8 Å². The molecule has 29 heavy (non-hydrogen) atoms. The maximum Gasteiger partial charge on any atom is 0.343 e. The summed E-state index contributed by atoms with van der Waals surface area (Å²) in [5.74, 6) is 0.0576. The van der Waals surface area contributed by atoms with Crippen molar-refractivity contribution >= 4 is 17.8 Å². The van der Waals surface area contributed by atoms with Gasteiger partial charge in [-0.3, -0.25) is 0 Å². The van der Waals surface area contributed by atoms with Gasteiger partial charge in [0.15, 0.2) is 5.76 Å². The number of carbonyl (C=O) groups is 1. The Kier molecular flexibility index (Phi) is 5.64. The molecule has 0 saturated carbocycles. The molecule has 1 aliphatic rings. The number of ether oxygens (including phenoxy) is 2. The Morgan fingerprint density at radius 1 is 1.21 bits per heavy atom. The average Bonchev–Trinajstić information content (AvgIpc) is 3.10. The molecule has 2 aromatic rings. The second-order valence-corrected chi connectivity index (χ2v) is 7.01. The fraction of sp³-hybridized carbons (Fsp3) is 0.304. The van der Waals surface area contributed by atoms with Gasteiger partial charge >= 0.3 is 5.97 Å². The Morgan fingerprint density at radius 2 is 1.93 bits per heavy atom. The minimum atomic E-state index is -0.565. The van der Waals surface area contributed by atoms with Gasteiger partial charge in [-0.05, 0) is 70.0 Å². The maximum absolute atomic E-state index is 12.1. The first-order valence-corrected chi connectivity index (χ1v) is 9.50. The van der Waals surface area contributed by atoms with Crippen LogP contribution in [0.15, 0.2) is 46.3 Å². The van der Waals surface area contributed by atoms with Crippen LogP contribution in [-0.4, -0.2) is 35.1 Å². The van der Waals surface area contributed by atoms with Crippen molar-refractivity contribution in [3.8, 4) is 11.4 Å². The topological polar surface area (TPSA) is 73.0 Å². The molecule has 0 bridgehead atoms. The Labute approximate surface area is 170 Å². The van der Waals surface area contributed by atoms with E-state index >= 15 is 0 Å². The maximum atomic E-state index is 12.1. The molecule has 0 atom stereocenters. The van der Waals surface area contributed by atoms with Crippen LogP contribution in [0.5, 0.6) is 5.75 Å². The normalized spacial score (nSPS) is 15.1. The summed E-state index contributed by atoms with van der Waals surface area (Å²) in [4.78, 5) is 16.5. The molecular weight excluding hydrogens is 368 g/mol. The van der Waals surface area contributed by atoms with Crippen LogP contribution in [0.1, 0.15) is 36.4 Å². The molecule has 0 spiro atoms. The molecule has 1 aliphatic heterocycles. The van der Waals surface area contributed by atoms with Gasteiger partial charge in [0.2, 0.25) is 0 Å². The monoisotopic (exact) mass is 394 g/mol. The third-order valence-corrected chi connectivity index (χ3v) is 4.95. The molecule has 1 N–H and O–H groups in total. The van der Waals surface area contributed by atoms with Crippen LogP contribution in [0.25, 0.3) is 11.8 Å². The number of carbonyl (C=O) groups excluding carboxylic acids is 1. The van der Waals surface area contributed by atoms with Crippen LogP contribution in [-0.2, 0) is 9.53 Å². The smallest absolute Gasteiger partial charge is 0.343 e. The van der Waals surface area contributed by atoms with Crippen molar-refractivity contribution in [2.24, 2.45) is 4.99 Å². The molecular formula is C23H26N2O4. The van der Waals surface area contributed by atoms with Gasteiger partial charge in [0.1, 0.15) is 17.0 Å². The SMILES string of the molecule is CCOC(=O)C1=C(O)/C(=C\c2cc(C)n(-c3cc(C)ccc3OC)c2C)N=C1C. The molecule has 0 radical (unpaired) electrons. The van der Waals surface area contributed by atoms with E-state index in [1.165, 1.54) is 0 Å². The van der Waals surface area contributed by atoms with Crippen LogP contribution in [0.3, 0.4) is 0 Å². The first-order valence-electron chi connectivity index (χ1n) is 9.50. The highest BCUT2D eigenvalue weighted by Crippen LogP contribution is 2.32. The number of hydrogen-bond acceptors (Lipinski definition) is 5. The number of aliphatic hydroxyl groups excluding tert-OH is 1. The average molecular weight is 394 g/mol. The van der Waals surface area contributed by atoms with Gasteiger partial charge in [-0.2, -0.15) is 0 Å². The van der Waals surface area contributed by atoms with Gasteiger partial charge in [-0.1, -0.05) is 6.07 Å². The Bertz CT molecular complexity index is 1070. The summed E-state index contributed by atoms with van der Waals surface area (Å²) in [6.07, 6.45) is 1.78. The van der Waals surface area contributed by atoms with Gasteiger partial charge in [-0.25, -0.2) is 9.79 Å². The summed E-state index contributed by atoms with van der Waals surface area (Å²) in [6, 6.07) is 8.05. The van der Waals surface area contributed by atoms with Crippen molar-refractivity contribution in [1.29, 1.82) is 0 Å². The van der Waals surface area contributed by atoms with Crippen LogP contribution in [0.2, 0.25) is 0 Å². The fourth-order valence-electron chi connectivity index (χ4n) is 3.56. The van der Waals surface area contributed by atoms with Gasteiger partial charge in [-0.15, -0.1) is 0 Å². The lowest BCUT2D eigenvalue weighted by Crippen LogP contribution is -2.13. The van der Waals surface area contributed by atoms with E-state index in [1.54, 1.807) is 27.0 Å². The van der Waals surface area contributed by atoms with E-state index in [4.69, 9.17) is 9.47 Å². The van der Waals surface area contributed by atoms with Gasteiger partial charge < -0.3 is 19.1 Å². The number of hydrogen-bond donors (Lipinski definition) is 1. The fourth-order valence-corrected chi connectivity index (χ4v) is 3.56. The summed E-state index contributed by atoms with van der Waals surface area (Å²) in [7, 11) is 1.65. The predicted octanol–water partition coefficient (Wildman–Crippen LogP) is 4.60. The van der Waals surface area contributed by atoms with Crippen molar-refractivity contribution in [2.45, 2.75) is 34.6 Å². The van der Waals surface area contributed by atoms with E-state index < -0.39 is 5.97 Å². The number of aliphatic imine (C=N–C) groups is 1. The van der Waals surface area contributed by atoms with E-state index in [2.05, 4.69) is 15.6 Å². The Hall–Kier alpha value is -3.28. The molecule has 6 nitrogen and oxygen atoms in total. The number of rotatable bonds is 5. The minimum absolute atomic E-state index is 0.118. The van der Waals surface area contributed by atoms with Gasteiger partial charge in [0, 0.05) is 11.4 Å². The van der Waals surface area contributed by atoms with E-state index in [0.29, 0.717) is 11.4 Å². The number of aliphatic hydroxyl groups is 1. The molecule has 0 saturated heterocycles. The standard InChI is InChI=1S/C23H26N2O4/c1-7-29-23(27)21-15(4)24-18(22(21)26)12-17-11-14(3)25(16(17)5)19-10-13(2)8-9-20(19)28-6/h8-12,26H,7H2,1-6H3/b18-12+. The highest BCUT2D eigenvalue weighted by atomic mass is 16.5. The number of aromatic nitrogens is 1. The third-order valence-electron chi connectivity index (χ3n) is 4.95. The van der Waals surface area contributed by atoms with E-state index in [-0.39, 0.29) is 17.9 Å². The molecule has 152 valence electrons. The van der Waals surface area contributed by atoms with Gasteiger partial charge in [0.25, 0.3) is 0 Å². The number of methoxy groups -OCH3 is 1. The van der Waals surface area contributed by atoms with Crippen LogP contribution in [0.4, 0.5) is 0 Å². The predicted molar refractivity (Wildman–Crippen MR) is 114 cm³/mol. The molecule has 0 amide bonds. The molecule has 3 rings (SSSR count). The second-order valence-electron chi connectivity index (χ2n) is 7.01. The lowest BCUT2D eigenvalue weighted by Gasteiger charge is -2.14. The largest absolute Gasteiger partial charge is 0.505 e. The zero-order chi connectivity index (χ0) is 21.3. The lowest BCUT2D eigenvalue weighted by molar-refractivity contribution is -0.138. The Balaban J connectivity index is 2.09. The Morgan fingerprint density at radius 3 is 2.59 bits per heavy atom. The molecule has 1 aromatic carbocycles. The van der Waals surface area contributed by atoms with Crippen molar-refractivity contribution in [1.82, 2.24) is 4.57 Å². The number of nitrogens with zero attached hydrogens (tertiary/aromatic N) is 2. The molecule has 0 unspecified atom stereocenters. The number of esters is 1. The summed E-state index contributed by atoms with van der Waals surface area (Å²) in [5, 5.41) is 10.5. The first-order chi connectivity index (χ1) is 13.8. The summed E-state index contributed by atoms with van der Waals surface area (Å²) in [6.45, 7) is 9.70. The highest BCUT2D eigenvalue weighted by Gasteiger charge is 2.28. The molecule has 6 heteroatoms. The highest BCUT2D eigenvalue weighted by molar-refractivity contribution is 6.22. The molecule has 1 aromatic heterocycles. The van der Waals surface area contributed by atoms with Crippen molar-refractivity contribution in [3.63, 3.8) is 0 Å². The van der Waals surface area contributed by atoms with Crippen LogP contribution in [0, 0.1) is 20.8 Å². The molecule has 0 fully saturated rings. The van der Waals surface area contributed by atoms with E-state index in [1.807, 2.05) is 39.0 Å². The zero-order valence-electron chi connectivity index (χ0n) is 17.7. The minimum Gasteiger partial charge on any atom is -0.505 e. The van der Waals surface area contributed by atoms with Crippen molar-refractivity contribution in [2.75, 3.05) is 13.7 Å². The van der Waals surface area contributed by atoms with Crippen molar-refractivity contribution < 1.29 is 19.4 Å². The third kappa shape index (κ3) is 3.70. The summed E-state index contributed by atoms with van der Waals surface area (Å²) in [5.41, 5.74) is 5.88. The van der Waals surface area contributed by atoms with Crippen LogP contribution < -0.4 is 4.74 Å². The number of aryl methyl sites for hydroxylation is 2.